The molecule has 0 aliphatic carbocycles. The van der Waals surface area contributed by atoms with Crippen LogP contribution in [-0.2, 0) is 17.5 Å². The summed E-state index contributed by atoms with van der Waals surface area (Å²) in [7, 11) is 0. The van der Waals surface area contributed by atoms with Crippen LogP contribution in [0.5, 0.6) is 0 Å². The Morgan fingerprint density at radius 3 is 2.59 bits per heavy atom. The predicted molar refractivity (Wildman–Crippen MR) is 91.3 cm³/mol. The summed E-state index contributed by atoms with van der Waals surface area (Å²) >= 11 is 0. The van der Waals surface area contributed by atoms with E-state index in [4.69, 9.17) is 0 Å². The summed E-state index contributed by atoms with van der Waals surface area (Å²) in [5.74, 6) is -1.88. The first kappa shape index (κ1) is 19.1. The molecule has 0 bridgehead atoms. The third kappa shape index (κ3) is 3.36. The smallest absolute Gasteiger partial charge is 0.335 e. The molecule has 3 aromatic rings. The summed E-state index contributed by atoms with van der Waals surface area (Å²) in [6, 6.07) is 2.39. The molecule has 0 radical (unpaired) electrons. The highest BCUT2D eigenvalue weighted by Gasteiger charge is 2.34. The molecule has 11 heteroatoms. The van der Waals surface area contributed by atoms with Crippen LogP contribution in [0.15, 0.2) is 41.6 Å². The Bertz CT molecular complexity index is 1160. The van der Waals surface area contributed by atoms with Gasteiger partial charge >= 0.3 is 6.18 Å². The molecule has 1 aliphatic rings. The lowest BCUT2D eigenvalue weighted by Gasteiger charge is -2.34. The van der Waals surface area contributed by atoms with E-state index >= 15 is 0 Å². The van der Waals surface area contributed by atoms with Gasteiger partial charge in [-0.1, -0.05) is 6.07 Å². The minimum Gasteiger partial charge on any atom is -0.335 e. The predicted octanol–water partition coefficient (Wildman–Crippen LogP) is 2.50. The lowest BCUT2D eigenvalue weighted by atomic mass is 10.0. The van der Waals surface area contributed by atoms with E-state index in [2.05, 4.69) is 5.10 Å². The summed E-state index contributed by atoms with van der Waals surface area (Å²) in [5, 5.41) is 3.95. The molecular weight excluding hydrogens is 399 g/mol. The van der Waals surface area contributed by atoms with Crippen molar-refractivity contribution in [2.75, 3.05) is 13.1 Å². The molecule has 6 nitrogen and oxygen atoms in total. The van der Waals surface area contributed by atoms with Gasteiger partial charge in [0, 0.05) is 18.0 Å². The van der Waals surface area contributed by atoms with Crippen LogP contribution in [0.4, 0.5) is 22.0 Å². The van der Waals surface area contributed by atoms with Gasteiger partial charge in [-0.05, 0) is 17.7 Å². The first-order chi connectivity index (χ1) is 13.6. The van der Waals surface area contributed by atoms with Crippen LogP contribution in [0.3, 0.4) is 0 Å². The van der Waals surface area contributed by atoms with E-state index in [1.54, 1.807) is 0 Å². The second-order valence-electron chi connectivity index (χ2n) is 6.67. The van der Waals surface area contributed by atoms with Crippen molar-refractivity contribution in [2.45, 2.75) is 18.9 Å². The quantitative estimate of drug-likeness (QED) is 0.622. The number of hydrogen-bond acceptors (Lipinski definition) is 3. The second-order valence-corrected chi connectivity index (χ2v) is 6.67. The van der Waals surface area contributed by atoms with Crippen LogP contribution in [0.25, 0.3) is 16.6 Å². The number of hydrogen-bond donors (Lipinski definition) is 0. The van der Waals surface area contributed by atoms with Crippen LogP contribution < -0.4 is 5.56 Å². The van der Waals surface area contributed by atoms with Crippen molar-refractivity contribution >= 4 is 11.4 Å². The molecule has 2 aromatic heterocycles. The zero-order valence-corrected chi connectivity index (χ0v) is 14.7. The number of benzene rings is 1. The molecule has 1 amide bonds. The van der Waals surface area contributed by atoms with Gasteiger partial charge in [0.2, 0.25) is 5.91 Å². The van der Waals surface area contributed by atoms with E-state index in [-0.39, 0.29) is 36.3 Å². The SMILES string of the molecule is O=C(Cn1ccn2ncc(-c3ccc(F)c(C(F)(F)F)c3)c2c1=O)N1CC(F)C1. The highest BCUT2D eigenvalue weighted by molar-refractivity contribution is 5.80. The Balaban J connectivity index is 1.75. The number of nitrogens with zero attached hydrogens (tertiary/aromatic N) is 4. The van der Waals surface area contributed by atoms with E-state index < -0.39 is 35.2 Å². The normalized spacial score (nSPS) is 15.0. The molecule has 0 unspecified atom stereocenters. The van der Waals surface area contributed by atoms with E-state index in [0.717, 1.165) is 15.1 Å². The van der Waals surface area contributed by atoms with Gasteiger partial charge < -0.3 is 9.47 Å². The number of likely N-dealkylation sites (tertiary alicyclic amines) is 1. The summed E-state index contributed by atoms with van der Waals surface area (Å²) in [5.41, 5.74) is -2.16. The fourth-order valence-corrected chi connectivity index (χ4v) is 3.16. The van der Waals surface area contributed by atoms with Crippen molar-refractivity contribution in [3.05, 3.63) is 58.5 Å². The monoisotopic (exact) mass is 412 g/mol. The Morgan fingerprint density at radius 1 is 1.21 bits per heavy atom. The summed E-state index contributed by atoms with van der Waals surface area (Å²) in [6.45, 7) is -0.420. The topological polar surface area (TPSA) is 59.6 Å². The molecular formula is C18H13F5N4O2. The van der Waals surface area contributed by atoms with Gasteiger partial charge in [-0.2, -0.15) is 18.3 Å². The molecule has 3 heterocycles. The Kier molecular flexibility index (Phi) is 4.39. The fourth-order valence-electron chi connectivity index (χ4n) is 3.16. The van der Waals surface area contributed by atoms with E-state index in [9.17, 15) is 31.5 Å². The lowest BCUT2D eigenvalue weighted by Crippen LogP contribution is -2.52. The van der Waals surface area contributed by atoms with Gasteiger partial charge in [-0.15, -0.1) is 0 Å². The van der Waals surface area contributed by atoms with Gasteiger partial charge in [-0.3, -0.25) is 9.59 Å². The van der Waals surface area contributed by atoms with Crippen LogP contribution >= 0.6 is 0 Å². The highest BCUT2D eigenvalue weighted by Crippen LogP contribution is 2.34. The third-order valence-electron chi connectivity index (χ3n) is 4.72. The van der Waals surface area contributed by atoms with Gasteiger partial charge in [0.1, 0.15) is 24.1 Å². The van der Waals surface area contributed by atoms with Crippen molar-refractivity contribution in [2.24, 2.45) is 0 Å². The number of fused-ring (bicyclic) bond motifs is 1. The maximum Gasteiger partial charge on any atom is 0.419 e. The average Bonchev–Trinajstić information content (AvgIpc) is 3.05. The largest absolute Gasteiger partial charge is 0.419 e. The second kappa shape index (κ2) is 6.68. The molecule has 1 saturated heterocycles. The van der Waals surface area contributed by atoms with Gasteiger partial charge in [0.15, 0.2) is 0 Å². The molecule has 0 saturated carbocycles. The summed E-state index contributed by atoms with van der Waals surface area (Å²) in [4.78, 5) is 26.2. The highest BCUT2D eigenvalue weighted by atomic mass is 19.4. The minimum atomic E-state index is -4.90. The maximum absolute atomic E-state index is 13.6. The van der Waals surface area contributed by atoms with Crippen LogP contribution in [-0.4, -0.2) is 44.2 Å². The first-order valence-corrected chi connectivity index (χ1v) is 8.51. The maximum atomic E-state index is 13.6. The zero-order chi connectivity index (χ0) is 20.9. The van der Waals surface area contributed by atoms with Gasteiger partial charge in [0.05, 0.1) is 24.8 Å². The van der Waals surface area contributed by atoms with Crippen molar-refractivity contribution in [1.82, 2.24) is 19.1 Å². The third-order valence-corrected chi connectivity index (χ3v) is 4.72. The van der Waals surface area contributed by atoms with Gasteiger partial charge in [-0.25, -0.2) is 13.3 Å². The molecule has 1 fully saturated rings. The number of rotatable bonds is 3. The molecule has 0 spiro atoms. The van der Waals surface area contributed by atoms with Crippen LogP contribution in [0, 0.1) is 5.82 Å². The Morgan fingerprint density at radius 2 is 1.93 bits per heavy atom. The molecule has 0 atom stereocenters. The molecule has 1 aliphatic heterocycles. The number of carbonyl (C=O) groups excluding carboxylic acids is 1. The average molecular weight is 412 g/mol. The standard InChI is InChI=1S/C18H13F5N4O2/c19-11-7-26(8-11)15(28)9-25-3-4-27-16(17(25)29)12(6-24-27)10-1-2-14(20)13(5-10)18(21,22)23/h1-6,11H,7-9H2. The van der Waals surface area contributed by atoms with Crippen molar-refractivity contribution in [3.8, 4) is 11.1 Å². The van der Waals surface area contributed by atoms with E-state index in [1.165, 1.54) is 23.5 Å². The fraction of sp³-hybridized carbons (Fsp3) is 0.278. The van der Waals surface area contributed by atoms with Crippen molar-refractivity contribution < 1.29 is 26.7 Å². The number of carbonyl (C=O) groups is 1. The minimum absolute atomic E-state index is 0.0381. The lowest BCUT2D eigenvalue weighted by molar-refractivity contribution is -0.140. The van der Waals surface area contributed by atoms with Crippen LogP contribution in [0.1, 0.15) is 5.56 Å². The molecule has 29 heavy (non-hydrogen) atoms. The molecule has 4 rings (SSSR count). The van der Waals surface area contributed by atoms with Crippen molar-refractivity contribution in [1.29, 1.82) is 0 Å². The van der Waals surface area contributed by atoms with Crippen LogP contribution in [0.2, 0.25) is 0 Å². The molecule has 0 N–H and O–H groups in total. The van der Waals surface area contributed by atoms with Crippen molar-refractivity contribution in [3.63, 3.8) is 0 Å². The Labute approximate surface area is 159 Å². The zero-order valence-electron chi connectivity index (χ0n) is 14.7. The molecule has 152 valence electrons. The first-order valence-electron chi connectivity index (χ1n) is 8.51. The summed E-state index contributed by atoms with van der Waals surface area (Å²) in [6.07, 6.45) is -2.11. The van der Waals surface area contributed by atoms with E-state index in [0.29, 0.717) is 12.1 Å². The number of alkyl halides is 4. The number of aromatic nitrogens is 3. The van der Waals surface area contributed by atoms with Gasteiger partial charge in [0.25, 0.3) is 5.56 Å². The van der Waals surface area contributed by atoms with E-state index in [1.807, 2.05) is 0 Å². The number of halogens is 5. The molecule has 1 aromatic carbocycles. The number of amides is 1. The summed E-state index contributed by atoms with van der Waals surface area (Å²) < 4.78 is 67.8. The Hall–Kier alpha value is -3.24.